The minimum atomic E-state index is -0.515. The highest BCUT2D eigenvalue weighted by molar-refractivity contribution is 8.00. The fraction of sp³-hybridized carbons (Fsp3) is 0.171. The van der Waals surface area contributed by atoms with Gasteiger partial charge in [0.1, 0.15) is 17.2 Å². The summed E-state index contributed by atoms with van der Waals surface area (Å²) in [5, 5.41) is 8.70. The topological polar surface area (TPSA) is 106 Å². The summed E-state index contributed by atoms with van der Waals surface area (Å²) in [6.07, 6.45) is 2.14. The van der Waals surface area contributed by atoms with Crippen molar-refractivity contribution in [1.29, 1.82) is 0 Å². The van der Waals surface area contributed by atoms with Gasteiger partial charge in [-0.1, -0.05) is 54.9 Å². The Hall–Kier alpha value is -4.73. The van der Waals surface area contributed by atoms with E-state index in [0.29, 0.717) is 45.4 Å². The van der Waals surface area contributed by atoms with E-state index in [2.05, 4.69) is 16.0 Å². The molecular weight excluding hydrogens is 610 g/mol. The van der Waals surface area contributed by atoms with Crippen LogP contribution in [0.5, 0.6) is 11.5 Å². The Bertz CT molecular complexity index is 1710. The lowest BCUT2D eigenvalue weighted by Gasteiger charge is -2.18. The predicted octanol–water partition coefficient (Wildman–Crippen LogP) is 7.58. The second kappa shape index (κ2) is 15.8. The molecular formula is C35H34ClN3O5S. The normalized spacial score (nSPS) is 11.7. The van der Waals surface area contributed by atoms with E-state index in [1.807, 2.05) is 26.0 Å². The van der Waals surface area contributed by atoms with Crippen molar-refractivity contribution in [3.05, 3.63) is 118 Å². The Kier molecular flexibility index (Phi) is 11.7. The van der Waals surface area contributed by atoms with Crippen LogP contribution in [0.2, 0.25) is 5.02 Å². The van der Waals surface area contributed by atoms with Crippen molar-refractivity contribution in [1.82, 2.24) is 5.32 Å². The zero-order valence-electron chi connectivity index (χ0n) is 25.3. The SMILES string of the molecule is CCC(Sc1cccc(NC(=O)/C(=C/c2cccc(OC)c2)NC(=O)c2ccccc2)c1)C(=O)Nc1cc(C)c(Cl)cc1OC. The fourth-order valence-electron chi connectivity index (χ4n) is 4.32. The van der Waals surface area contributed by atoms with Gasteiger partial charge in [-0.05, 0) is 79.1 Å². The van der Waals surface area contributed by atoms with Crippen LogP contribution in [0.4, 0.5) is 11.4 Å². The van der Waals surface area contributed by atoms with Crippen LogP contribution in [0, 0.1) is 6.92 Å². The molecule has 0 saturated carbocycles. The summed E-state index contributed by atoms with van der Waals surface area (Å²) >= 11 is 7.59. The largest absolute Gasteiger partial charge is 0.497 e. The molecule has 232 valence electrons. The van der Waals surface area contributed by atoms with Crippen molar-refractivity contribution < 1.29 is 23.9 Å². The third-order valence-electron chi connectivity index (χ3n) is 6.71. The van der Waals surface area contributed by atoms with Crippen LogP contribution < -0.4 is 25.4 Å². The third-order valence-corrected chi connectivity index (χ3v) is 8.47. The first kappa shape index (κ1) is 33.2. The van der Waals surface area contributed by atoms with Gasteiger partial charge in [-0.3, -0.25) is 14.4 Å². The average Bonchev–Trinajstić information content (AvgIpc) is 3.05. The van der Waals surface area contributed by atoms with E-state index in [1.54, 1.807) is 92.0 Å². The van der Waals surface area contributed by atoms with Gasteiger partial charge in [-0.15, -0.1) is 11.8 Å². The number of carbonyl (C=O) groups is 3. The molecule has 0 aliphatic heterocycles. The van der Waals surface area contributed by atoms with Gasteiger partial charge in [-0.2, -0.15) is 0 Å². The first-order valence-electron chi connectivity index (χ1n) is 14.2. The first-order valence-corrected chi connectivity index (χ1v) is 15.4. The first-order chi connectivity index (χ1) is 21.7. The smallest absolute Gasteiger partial charge is 0.272 e. The van der Waals surface area contributed by atoms with Gasteiger partial charge >= 0.3 is 0 Å². The lowest BCUT2D eigenvalue weighted by molar-refractivity contribution is -0.116. The van der Waals surface area contributed by atoms with E-state index in [0.717, 1.165) is 10.5 Å². The molecule has 0 spiro atoms. The van der Waals surface area contributed by atoms with Gasteiger partial charge in [-0.25, -0.2) is 0 Å². The minimum Gasteiger partial charge on any atom is -0.497 e. The Morgan fingerprint density at radius 1 is 0.889 bits per heavy atom. The Balaban J connectivity index is 1.52. The molecule has 10 heteroatoms. The molecule has 0 aliphatic carbocycles. The molecule has 4 aromatic carbocycles. The summed E-state index contributed by atoms with van der Waals surface area (Å²) in [7, 11) is 3.08. The number of hydrogen-bond acceptors (Lipinski definition) is 6. The maximum absolute atomic E-state index is 13.5. The van der Waals surface area contributed by atoms with Gasteiger partial charge in [0, 0.05) is 27.2 Å². The second-order valence-corrected chi connectivity index (χ2v) is 11.6. The summed E-state index contributed by atoms with van der Waals surface area (Å²) in [5.74, 6) is -0.0423. The van der Waals surface area contributed by atoms with E-state index in [9.17, 15) is 14.4 Å². The Morgan fingerprint density at radius 3 is 2.36 bits per heavy atom. The highest BCUT2D eigenvalue weighted by Crippen LogP contribution is 2.33. The van der Waals surface area contributed by atoms with Crippen molar-refractivity contribution in [2.75, 3.05) is 24.9 Å². The average molecular weight is 644 g/mol. The van der Waals surface area contributed by atoms with Gasteiger partial charge in [0.15, 0.2) is 0 Å². The molecule has 4 rings (SSSR count). The predicted molar refractivity (Wildman–Crippen MR) is 181 cm³/mol. The van der Waals surface area contributed by atoms with Crippen molar-refractivity contribution in [3.8, 4) is 11.5 Å². The molecule has 4 aromatic rings. The highest BCUT2D eigenvalue weighted by Gasteiger charge is 2.21. The quantitative estimate of drug-likeness (QED) is 0.109. The highest BCUT2D eigenvalue weighted by atomic mass is 35.5. The number of aryl methyl sites for hydroxylation is 1. The second-order valence-electron chi connectivity index (χ2n) is 9.94. The van der Waals surface area contributed by atoms with Crippen LogP contribution in [0.25, 0.3) is 6.08 Å². The maximum atomic E-state index is 13.5. The fourth-order valence-corrected chi connectivity index (χ4v) is 5.48. The van der Waals surface area contributed by atoms with E-state index < -0.39 is 17.1 Å². The number of carbonyl (C=O) groups excluding carboxylic acids is 3. The molecule has 1 atom stereocenters. The lowest BCUT2D eigenvalue weighted by atomic mass is 10.1. The monoisotopic (exact) mass is 643 g/mol. The number of nitrogens with one attached hydrogen (secondary N) is 3. The van der Waals surface area contributed by atoms with E-state index in [1.165, 1.54) is 18.9 Å². The lowest BCUT2D eigenvalue weighted by Crippen LogP contribution is -2.30. The third kappa shape index (κ3) is 9.14. The molecule has 0 saturated heterocycles. The number of anilines is 2. The van der Waals surface area contributed by atoms with E-state index in [-0.39, 0.29) is 11.6 Å². The summed E-state index contributed by atoms with van der Waals surface area (Å²) in [6, 6.07) is 26.4. The summed E-state index contributed by atoms with van der Waals surface area (Å²) in [6.45, 7) is 3.78. The maximum Gasteiger partial charge on any atom is 0.272 e. The standard InChI is InChI=1S/C35H34ClN3O5S/c1-5-32(35(42)38-29-17-22(2)28(36)21-31(29)44-4)45-27-16-10-14-25(20-27)37-34(41)30(19-23-11-9-15-26(18-23)43-3)39-33(40)24-12-7-6-8-13-24/h6-21,32H,5H2,1-4H3,(H,37,41)(H,38,42)(H,39,40)/b30-19-. The van der Waals surface area contributed by atoms with Crippen molar-refractivity contribution in [2.45, 2.75) is 30.4 Å². The number of halogens is 1. The van der Waals surface area contributed by atoms with Crippen molar-refractivity contribution in [2.24, 2.45) is 0 Å². The Labute approximate surface area is 272 Å². The number of methoxy groups -OCH3 is 2. The van der Waals surface area contributed by atoms with Gasteiger partial charge in [0.2, 0.25) is 5.91 Å². The zero-order valence-corrected chi connectivity index (χ0v) is 26.9. The number of ether oxygens (including phenoxy) is 2. The molecule has 0 bridgehead atoms. The van der Waals surface area contributed by atoms with Gasteiger partial charge in [0.05, 0.1) is 25.2 Å². The summed E-state index contributed by atoms with van der Waals surface area (Å²) in [5.41, 5.74) is 2.99. The minimum absolute atomic E-state index is 0.0492. The zero-order chi connectivity index (χ0) is 32.3. The molecule has 0 aliphatic rings. The molecule has 45 heavy (non-hydrogen) atoms. The number of hydrogen-bond donors (Lipinski definition) is 3. The molecule has 0 heterocycles. The van der Waals surface area contributed by atoms with Crippen LogP contribution in [-0.4, -0.2) is 37.2 Å². The van der Waals surface area contributed by atoms with Crippen LogP contribution in [-0.2, 0) is 9.59 Å². The van der Waals surface area contributed by atoms with Crippen molar-refractivity contribution in [3.63, 3.8) is 0 Å². The van der Waals surface area contributed by atoms with Gasteiger partial charge in [0.25, 0.3) is 11.8 Å². The molecule has 0 radical (unpaired) electrons. The number of amides is 3. The van der Waals surface area contributed by atoms with Crippen LogP contribution in [0.3, 0.4) is 0 Å². The number of thioether (sulfide) groups is 1. The molecule has 8 nitrogen and oxygen atoms in total. The molecule has 0 aromatic heterocycles. The molecule has 3 amide bonds. The van der Waals surface area contributed by atoms with E-state index >= 15 is 0 Å². The van der Waals surface area contributed by atoms with Crippen LogP contribution in [0.15, 0.2) is 102 Å². The number of benzene rings is 4. The van der Waals surface area contributed by atoms with Crippen molar-refractivity contribution >= 4 is 58.5 Å². The molecule has 1 unspecified atom stereocenters. The van der Waals surface area contributed by atoms with Crippen LogP contribution >= 0.6 is 23.4 Å². The Morgan fingerprint density at radius 2 is 1.64 bits per heavy atom. The number of rotatable bonds is 12. The molecule has 3 N–H and O–H groups in total. The summed E-state index contributed by atoms with van der Waals surface area (Å²) in [4.78, 5) is 40.6. The van der Waals surface area contributed by atoms with Crippen LogP contribution in [0.1, 0.15) is 34.8 Å². The van der Waals surface area contributed by atoms with Gasteiger partial charge < -0.3 is 25.4 Å². The summed E-state index contributed by atoms with van der Waals surface area (Å²) < 4.78 is 10.7. The van der Waals surface area contributed by atoms with E-state index in [4.69, 9.17) is 21.1 Å². The molecule has 0 fully saturated rings.